The normalized spacial score (nSPS) is 20.4. The van der Waals surface area contributed by atoms with Gasteiger partial charge in [0, 0.05) is 11.4 Å². The molecule has 1 aliphatic heterocycles. The minimum Gasteiger partial charge on any atom is -0.357 e. The molecule has 0 saturated carbocycles. The van der Waals surface area contributed by atoms with E-state index in [1.807, 2.05) is 60.7 Å². The molecule has 0 radical (unpaired) electrons. The van der Waals surface area contributed by atoms with E-state index in [1.54, 1.807) is 0 Å². The average Bonchev–Trinajstić information content (AvgIpc) is 2.89. The van der Waals surface area contributed by atoms with Crippen LogP contribution in [0.3, 0.4) is 0 Å². The Morgan fingerprint density at radius 1 is 0.741 bits per heavy atom. The standard InChI is InChI=1S/C18H20N4O2S3/c23-27(24)11-15(21-17(25)19-13-7-3-1-4-8-13)16(12-27)22-18(26)20-14-9-5-2-6-10-14/h1-10,15-16H,11-12H2,(H2,19,21,25)(H2,20,22,26)/t15-,16+. The second-order valence-corrected chi connectivity index (χ2v) is 9.19. The van der Waals surface area contributed by atoms with Crippen LogP contribution in [-0.2, 0) is 9.84 Å². The van der Waals surface area contributed by atoms with Crippen LogP contribution < -0.4 is 21.3 Å². The predicted octanol–water partition coefficient (Wildman–Crippen LogP) is 2.13. The molecule has 1 fully saturated rings. The van der Waals surface area contributed by atoms with Gasteiger partial charge in [-0.25, -0.2) is 8.42 Å². The van der Waals surface area contributed by atoms with Gasteiger partial charge in [0.15, 0.2) is 20.1 Å². The molecule has 0 bridgehead atoms. The largest absolute Gasteiger partial charge is 0.357 e. The van der Waals surface area contributed by atoms with Crippen LogP contribution in [0.4, 0.5) is 11.4 Å². The molecule has 27 heavy (non-hydrogen) atoms. The Kier molecular flexibility index (Phi) is 6.25. The van der Waals surface area contributed by atoms with E-state index in [0.29, 0.717) is 10.2 Å². The van der Waals surface area contributed by atoms with Crippen molar-refractivity contribution in [1.29, 1.82) is 0 Å². The van der Waals surface area contributed by atoms with Gasteiger partial charge >= 0.3 is 0 Å². The highest BCUT2D eigenvalue weighted by Gasteiger charge is 2.38. The van der Waals surface area contributed by atoms with E-state index in [-0.39, 0.29) is 23.6 Å². The van der Waals surface area contributed by atoms with Crippen LogP contribution in [0.15, 0.2) is 60.7 Å². The van der Waals surface area contributed by atoms with Gasteiger partial charge in [-0.15, -0.1) is 0 Å². The monoisotopic (exact) mass is 420 g/mol. The van der Waals surface area contributed by atoms with Crippen LogP contribution in [0.5, 0.6) is 0 Å². The van der Waals surface area contributed by atoms with Crippen molar-refractivity contribution < 1.29 is 8.42 Å². The van der Waals surface area contributed by atoms with Gasteiger partial charge in [0.25, 0.3) is 0 Å². The molecule has 1 heterocycles. The van der Waals surface area contributed by atoms with Crippen LogP contribution in [0.2, 0.25) is 0 Å². The molecule has 2 aromatic rings. The highest BCUT2D eigenvalue weighted by atomic mass is 32.2. The fourth-order valence-corrected chi connectivity index (χ4v) is 5.25. The van der Waals surface area contributed by atoms with Crippen LogP contribution in [-0.4, -0.2) is 42.2 Å². The molecule has 142 valence electrons. The third-order valence-corrected chi connectivity index (χ3v) is 6.22. The lowest BCUT2D eigenvalue weighted by molar-refractivity contribution is 0.549. The highest BCUT2D eigenvalue weighted by molar-refractivity contribution is 7.91. The Morgan fingerprint density at radius 2 is 1.11 bits per heavy atom. The zero-order valence-electron chi connectivity index (χ0n) is 14.4. The summed E-state index contributed by atoms with van der Waals surface area (Å²) in [4.78, 5) is 0. The van der Waals surface area contributed by atoms with Crippen molar-refractivity contribution in [3.63, 3.8) is 0 Å². The van der Waals surface area contributed by atoms with Gasteiger partial charge in [0.2, 0.25) is 0 Å². The van der Waals surface area contributed by atoms with Gasteiger partial charge in [0.1, 0.15) is 0 Å². The highest BCUT2D eigenvalue weighted by Crippen LogP contribution is 2.14. The first-order valence-electron chi connectivity index (χ1n) is 8.37. The number of benzene rings is 2. The van der Waals surface area contributed by atoms with Gasteiger partial charge in [0.05, 0.1) is 23.6 Å². The third kappa shape index (κ3) is 5.88. The molecule has 6 nitrogen and oxygen atoms in total. The molecular formula is C18H20N4O2S3. The Labute approximate surface area is 169 Å². The van der Waals surface area contributed by atoms with Crippen molar-refractivity contribution >= 4 is 55.9 Å². The lowest BCUT2D eigenvalue weighted by Gasteiger charge is -2.24. The quantitative estimate of drug-likeness (QED) is 0.560. The zero-order valence-corrected chi connectivity index (χ0v) is 16.8. The topological polar surface area (TPSA) is 82.3 Å². The van der Waals surface area contributed by atoms with E-state index in [9.17, 15) is 8.42 Å². The van der Waals surface area contributed by atoms with Crippen molar-refractivity contribution in [2.45, 2.75) is 12.1 Å². The van der Waals surface area contributed by atoms with Crippen molar-refractivity contribution in [2.24, 2.45) is 0 Å². The summed E-state index contributed by atoms with van der Waals surface area (Å²) in [7, 11) is -3.18. The second kappa shape index (κ2) is 8.64. The SMILES string of the molecule is O=S1(=O)C[C@H](NC(=S)Nc2ccccc2)[C@H](NC(=S)Nc2ccccc2)C1. The van der Waals surface area contributed by atoms with Crippen LogP contribution >= 0.6 is 24.4 Å². The van der Waals surface area contributed by atoms with Gasteiger partial charge < -0.3 is 21.3 Å². The molecule has 1 aliphatic rings. The summed E-state index contributed by atoms with van der Waals surface area (Å²) in [5.41, 5.74) is 1.67. The Morgan fingerprint density at radius 3 is 1.48 bits per heavy atom. The molecule has 2 aromatic carbocycles. The number of hydrogen-bond donors (Lipinski definition) is 4. The average molecular weight is 421 g/mol. The second-order valence-electron chi connectivity index (χ2n) is 6.22. The van der Waals surface area contributed by atoms with Crippen molar-refractivity contribution in [2.75, 3.05) is 22.1 Å². The number of hydrogen-bond acceptors (Lipinski definition) is 4. The van der Waals surface area contributed by atoms with E-state index < -0.39 is 9.84 Å². The Balaban J connectivity index is 1.60. The van der Waals surface area contributed by atoms with E-state index in [2.05, 4.69) is 21.3 Å². The minimum atomic E-state index is -3.18. The fraction of sp³-hybridized carbons (Fsp3) is 0.222. The number of para-hydroxylation sites is 2. The van der Waals surface area contributed by atoms with E-state index in [4.69, 9.17) is 24.4 Å². The summed E-state index contributed by atoms with van der Waals surface area (Å²) in [5, 5.41) is 13.0. The summed E-state index contributed by atoms with van der Waals surface area (Å²) in [5.74, 6) is -0.00947. The summed E-state index contributed by atoms with van der Waals surface area (Å²) in [6.45, 7) is 0. The van der Waals surface area contributed by atoms with Gasteiger partial charge in [-0.05, 0) is 48.7 Å². The maximum Gasteiger partial charge on any atom is 0.171 e. The maximum atomic E-state index is 12.1. The Bertz CT molecular complexity index is 835. The lowest BCUT2D eigenvalue weighted by atomic mass is 10.2. The van der Waals surface area contributed by atoms with Gasteiger partial charge in [-0.3, -0.25) is 0 Å². The molecule has 0 aromatic heterocycles. The minimum absolute atomic E-state index is 0.00474. The number of anilines is 2. The summed E-state index contributed by atoms with van der Waals surface area (Å²) >= 11 is 10.7. The third-order valence-electron chi connectivity index (χ3n) is 4.05. The first-order valence-corrected chi connectivity index (χ1v) is 11.0. The predicted molar refractivity (Wildman–Crippen MR) is 118 cm³/mol. The molecule has 0 spiro atoms. The number of nitrogens with one attached hydrogen (secondary N) is 4. The summed E-state index contributed by atoms with van der Waals surface area (Å²) in [6, 6.07) is 18.2. The summed E-state index contributed by atoms with van der Waals surface area (Å²) < 4.78 is 24.2. The van der Waals surface area contributed by atoms with Crippen molar-refractivity contribution in [3.8, 4) is 0 Å². The Hall–Kier alpha value is -2.23. The smallest absolute Gasteiger partial charge is 0.171 e. The molecule has 4 N–H and O–H groups in total. The van der Waals surface area contributed by atoms with Gasteiger partial charge in [-0.1, -0.05) is 36.4 Å². The molecule has 2 atom stereocenters. The van der Waals surface area contributed by atoms with Crippen molar-refractivity contribution in [3.05, 3.63) is 60.7 Å². The molecule has 0 aliphatic carbocycles. The lowest BCUT2D eigenvalue weighted by Crippen LogP contribution is -2.52. The van der Waals surface area contributed by atoms with E-state index in [1.165, 1.54) is 0 Å². The molecular weight excluding hydrogens is 400 g/mol. The molecule has 1 saturated heterocycles. The number of sulfone groups is 1. The fourth-order valence-electron chi connectivity index (χ4n) is 2.85. The molecule has 0 unspecified atom stereocenters. The maximum absolute atomic E-state index is 12.1. The first-order chi connectivity index (χ1) is 12.9. The zero-order chi connectivity index (χ0) is 19.3. The van der Waals surface area contributed by atoms with Crippen LogP contribution in [0.25, 0.3) is 0 Å². The first kappa shape index (κ1) is 19.5. The number of rotatable bonds is 4. The number of thiocarbonyl (C=S) groups is 2. The molecule has 0 amide bonds. The van der Waals surface area contributed by atoms with Crippen LogP contribution in [0, 0.1) is 0 Å². The van der Waals surface area contributed by atoms with E-state index in [0.717, 1.165) is 11.4 Å². The molecule has 3 rings (SSSR count). The van der Waals surface area contributed by atoms with Crippen LogP contribution in [0.1, 0.15) is 0 Å². The van der Waals surface area contributed by atoms with E-state index >= 15 is 0 Å². The molecule has 9 heteroatoms. The van der Waals surface area contributed by atoms with Crippen molar-refractivity contribution in [1.82, 2.24) is 10.6 Å². The van der Waals surface area contributed by atoms with Gasteiger partial charge in [-0.2, -0.15) is 0 Å². The summed E-state index contributed by atoms with van der Waals surface area (Å²) in [6.07, 6.45) is 0.